The van der Waals surface area contributed by atoms with Crippen molar-refractivity contribution in [3.8, 4) is 0 Å². The number of piperidine rings is 2. The van der Waals surface area contributed by atoms with E-state index in [0.717, 1.165) is 12.3 Å². The summed E-state index contributed by atoms with van der Waals surface area (Å²) in [6.45, 7) is 10.9. The summed E-state index contributed by atoms with van der Waals surface area (Å²) in [5.41, 5.74) is -0.207. The van der Waals surface area contributed by atoms with Crippen LogP contribution in [0.3, 0.4) is 0 Å². The number of alkyl halides is 3. The fourth-order valence-electron chi connectivity index (χ4n) is 6.40. The fourth-order valence-corrected chi connectivity index (χ4v) is 6.40. The minimum atomic E-state index is -4.99. The zero-order valence-electron chi connectivity index (χ0n) is 16.7. The van der Waals surface area contributed by atoms with Crippen molar-refractivity contribution < 1.29 is 22.8 Å². The number of likely N-dealkylation sites (tertiary alicyclic amines) is 1. The number of nitrogens with one attached hydrogen (secondary N) is 1. The Hall–Kier alpha value is -1.27. The minimum absolute atomic E-state index is 0.161. The topological polar surface area (TPSA) is 49.4 Å². The Morgan fingerprint density at radius 1 is 1.11 bits per heavy atom. The van der Waals surface area contributed by atoms with Crippen LogP contribution in [-0.2, 0) is 9.59 Å². The molecule has 0 bridgehead atoms. The Bertz CT molecular complexity index is 691. The molecule has 0 aromatic rings. The van der Waals surface area contributed by atoms with Gasteiger partial charge in [-0.1, -0.05) is 34.6 Å². The van der Waals surface area contributed by atoms with Crippen molar-refractivity contribution in [2.24, 2.45) is 33.5 Å². The van der Waals surface area contributed by atoms with Gasteiger partial charge in [0.25, 0.3) is 0 Å². The third kappa shape index (κ3) is 2.29. The molecule has 3 aliphatic carbocycles. The first-order valence-corrected chi connectivity index (χ1v) is 9.88. The summed E-state index contributed by atoms with van der Waals surface area (Å²) in [5.74, 6) is -0.986. The summed E-state index contributed by atoms with van der Waals surface area (Å²) < 4.78 is 38.1. The van der Waals surface area contributed by atoms with Gasteiger partial charge in [0.1, 0.15) is 6.04 Å². The minimum Gasteiger partial charge on any atom is -0.340 e. The molecule has 7 heteroatoms. The highest BCUT2D eigenvalue weighted by Crippen LogP contribution is 3.01. The maximum Gasteiger partial charge on any atom is 0.471 e. The molecule has 1 N–H and O–H groups in total. The highest BCUT2D eigenvalue weighted by Gasteiger charge is 3.00. The monoisotopic (exact) mass is 386 g/mol. The van der Waals surface area contributed by atoms with E-state index in [0.29, 0.717) is 19.0 Å². The number of hydrogen-bond acceptors (Lipinski definition) is 2. The first kappa shape index (κ1) is 19.1. The molecule has 4 atom stereocenters. The normalized spacial score (nSPS) is 39.3. The lowest BCUT2D eigenvalue weighted by molar-refractivity contribution is -0.176. The Balaban J connectivity index is 1.47. The molecule has 0 aromatic heterocycles. The van der Waals surface area contributed by atoms with E-state index in [1.54, 1.807) is 25.7 Å². The van der Waals surface area contributed by atoms with Crippen LogP contribution < -0.4 is 5.32 Å². The third-order valence-corrected chi connectivity index (χ3v) is 8.44. The van der Waals surface area contributed by atoms with Gasteiger partial charge in [-0.25, -0.2) is 0 Å². The summed E-state index contributed by atoms with van der Waals surface area (Å²) in [6, 6.07) is -1.18. The average Bonchev–Trinajstić information content (AvgIpc) is 3.48. The van der Waals surface area contributed by atoms with Crippen molar-refractivity contribution in [1.82, 2.24) is 10.2 Å². The molecule has 4 unspecified atom stereocenters. The highest BCUT2D eigenvalue weighted by atomic mass is 19.4. The fraction of sp³-hybridized carbons (Fsp3) is 0.900. The van der Waals surface area contributed by atoms with Crippen LogP contribution in [0.5, 0.6) is 0 Å². The van der Waals surface area contributed by atoms with E-state index < -0.39 is 23.5 Å². The Kier molecular flexibility index (Phi) is 3.54. The first-order valence-electron chi connectivity index (χ1n) is 9.88. The van der Waals surface area contributed by atoms with Gasteiger partial charge in [0, 0.05) is 23.9 Å². The number of hydrogen-bond donors (Lipinski definition) is 1. The van der Waals surface area contributed by atoms with Crippen LogP contribution in [0.2, 0.25) is 0 Å². The van der Waals surface area contributed by atoms with Crippen LogP contribution in [0.25, 0.3) is 0 Å². The van der Waals surface area contributed by atoms with Crippen molar-refractivity contribution in [3.05, 3.63) is 0 Å². The van der Waals surface area contributed by atoms with Gasteiger partial charge in [0.05, 0.1) is 0 Å². The maximum atomic E-state index is 13.1. The number of carbonyl (C=O) groups is 2. The van der Waals surface area contributed by atoms with Crippen molar-refractivity contribution in [2.45, 2.75) is 66.1 Å². The van der Waals surface area contributed by atoms with E-state index >= 15 is 0 Å². The molecule has 2 amide bonds. The van der Waals surface area contributed by atoms with Gasteiger partial charge >= 0.3 is 12.1 Å². The van der Waals surface area contributed by atoms with Crippen LogP contribution in [0, 0.1) is 33.5 Å². The molecule has 152 valence electrons. The summed E-state index contributed by atoms with van der Waals surface area (Å²) >= 11 is 0. The quantitative estimate of drug-likeness (QED) is 0.805. The van der Waals surface area contributed by atoms with Gasteiger partial charge < -0.3 is 10.2 Å². The molecule has 4 aliphatic rings. The largest absolute Gasteiger partial charge is 0.471 e. The second-order valence-electron chi connectivity index (χ2n) is 10.6. The second kappa shape index (κ2) is 5.01. The molecule has 3 saturated carbocycles. The van der Waals surface area contributed by atoms with Gasteiger partial charge in [-0.15, -0.1) is 0 Å². The Labute approximate surface area is 158 Å². The van der Waals surface area contributed by atoms with E-state index in [1.165, 1.54) is 12.8 Å². The molecule has 0 spiro atoms. The third-order valence-electron chi connectivity index (χ3n) is 8.44. The number of nitrogens with zero attached hydrogens (tertiary/aromatic N) is 1. The van der Waals surface area contributed by atoms with Crippen molar-refractivity contribution >= 4 is 11.8 Å². The predicted molar refractivity (Wildman–Crippen MR) is 93.5 cm³/mol. The smallest absolute Gasteiger partial charge is 0.340 e. The van der Waals surface area contributed by atoms with Crippen molar-refractivity contribution in [1.29, 1.82) is 0 Å². The standard InChI is InChI=1S/C20H29F3N2O2/c1-11(12-6-7-12)17(5)18-8-19(17,18)10-25(9-18)14(26)13(16(2,3)4)24-15(27)20(21,22)23/h11-13H,6-10H2,1-5H3,(H,24,27). The van der Waals surface area contributed by atoms with Crippen LogP contribution in [-0.4, -0.2) is 42.0 Å². The van der Waals surface area contributed by atoms with Crippen molar-refractivity contribution in [3.63, 3.8) is 0 Å². The van der Waals surface area contributed by atoms with Crippen LogP contribution >= 0.6 is 0 Å². The molecule has 1 heterocycles. The molecule has 1 aliphatic heterocycles. The Morgan fingerprint density at radius 3 is 2.04 bits per heavy atom. The summed E-state index contributed by atoms with van der Waals surface area (Å²) in [7, 11) is 0. The molecular weight excluding hydrogens is 357 g/mol. The van der Waals surface area contributed by atoms with Gasteiger partial charge in [-0.3, -0.25) is 9.59 Å². The van der Waals surface area contributed by atoms with E-state index in [4.69, 9.17) is 0 Å². The van der Waals surface area contributed by atoms with Gasteiger partial charge in [0.15, 0.2) is 0 Å². The SMILES string of the molecule is CC(C1CC1)C1(C)C23CN(C(=O)C(NC(=O)C(F)(F)F)C(C)(C)C)CC21C3. The van der Waals surface area contributed by atoms with Crippen molar-refractivity contribution in [2.75, 3.05) is 13.1 Å². The lowest BCUT2D eigenvalue weighted by Crippen LogP contribution is -2.58. The lowest BCUT2D eigenvalue weighted by atomic mass is 9.71. The zero-order chi connectivity index (χ0) is 20.2. The van der Waals surface area contributed by atoms with Gasteiger partial charge in [-0.05, 0) is 41.9 Å². The number of carbonyl (C=O) groups excluding carboxylic acids is 2. The van der Waals surface area contributed by atoms with E-state index in [1.807, 2.05) is 5.32 Å². The molecule has 0 aromatic carbocycles. The molecule has 4 nitrogen and oxygen atoms in total. The molecular formula is C20H29F3N2O2. The first-order chi connectivity index (χ1) is 12.2. The molecule has 27 heavy (non-hydrogen) atoms. The number of amides is 2. The maximum absolute atomic E-state index is 13.1. The summed E-state index contributed by atoms with van der Waals surface area (Å²) in [6.07, 6.45) is -1.27. The molecule has 4 fully saturated rings. The predicted octanol–water partition coefficient (Wildman–Crippen LogP) is 3.36. The van der Waals surface area contributed by atoms with Crippen LogP contribution in [0.4, 0.5) is 13.2 Å². The van der Waals surface area contributed by atoms with E-state index in [2.05, 4.69) is 13.8 Å². The lowest BCUT2D eigenvalue weighted by Gasteiger charge is -2.42. The number of halogens is 3. The molecule has 4 rings (SSSR count). The zero-order valence-corrected chi connectivity index (χ0v) is 16.7. The van der Waals surface area contributed by atoms with E-state index in [9.17, 15) is 22.8 Å². The second-order valence-corrected chi connectivity index (χ2v) is 10.6. The van der Waals surface area contributed by atoms with Crippen LogP contribution in [0.1, 0.15) is 53.9 Å². The van der Waals surface area contributed by atoms with Gasteiger partial charge in [-0.2, -0.15) is 13.2 Å². The average molecular weight is 386 g/mol. The molecule has 1 saturated heterocycles. The summed E-state index contributed by atoms with van der Waals surface area (Å²) in [5, 5.41) is 1.94. The Morgan fingerprint density at radius 2 is 1.63 bits per heavy atom. The molecule has 0 radical (unpaired) electrons. The number of rotatable bonds is 4. The summed E-state index contributed by atoms with van der Waals surface area (Å²) in [4.78, 5) is 26.2. The van der Waals surface area contributed by atoms with Crippen LogP contribution in [0.15, 0.2) is 0 Å². The highest BCUT2D eigenvalue weighted by molar-refractivity contribution is 5.91. The van der Waals surface area contributed by atoms with Gasteiger partial charge in [0.2, 0.25) is 5.91 Å². The van der Waals surface area contributed by atoms with E-state index in [-0.39, 0.29) is 22.2 Å².